The predicted molar refractivity (Wildman–Crippen MR) is 71.8 cm³/mol. The van der Waals surface area contributed by atoms with Crippen LogP contribution in [0, 0.1) is 0 Å². The Kier molecular flexibility index (Phi) is 4.19. The lowest BCUT2D eigenvalue weighted by molar-refractivity contribution is 0.0572. The molecule has 0 aromatic heterocycles. The first-order valence-corrected chi connectivity index (χ1v) is 6.36. The molecule has 1 fully saturated rings. The summed E-state index contributed by atoms with van der Waals surface area (Å²) in [5, 5.41) is 18.9. The number of aliphatic hydroxyl groups is 2. The van der Waals surface area contributed by atoms with Crippen LogP contribution in [0.15, 0.2) is 24.3 Å². The molecule has 0 spiro atoms. The Balaban J connectivity index is 2.04. The topological polar surface area (TPSA) is 64.0 Å². The van der Waals surface area contributed by atoms with E-state index in [0.717, 1.165) is 12.1 Å². The molecule has 1 heterocycles. The van der Waals surface area contributed by atoms with Crippen molar-refractivity contribution in [2.45, 2.75) is 18.8 Å². The zero-order valence-corrected chi connectivity index (χ0v) is 11.3. The Morgan fingerprint density at radius 3 is 2.21 bits per heavy atom. The largest absolute Gasteiger partial charge is 0.388 e. The van der Waals surface area contributed by atoms with Crippen LogP contribution in [0.2, 0.25) is 0 Å². The van der Waals surface area contributed by atoms with Crippen LogP contribution in [0.1, 0.15) is 15.9 Å². The van der Waals surface area contributed by atoms with Crippen LogP contribution < -0.4 is 0 Å². The molecule has 1 aliphatic heterocycles. The normalized spacial score (nSPS) is 23.1. The second-order valence-electron chi connectivity index (χ2n) is 5.28. The zero-order valence-electron chi connectivity index (χ0n) is 11.3. The van der Waals surface area contributed by atoms with Crippen molar-refractivity contribution < 1.29 is 15.0 Å². The van der Waals surface area contributed by atoms with Crippen LogP contribution in [-0.4, -0.2) is 65.3 Å². The van der Waals surface area contributed by atoms with E-state index < -0.39 is 12.2 Å². The van der Waals surface area contributed by atoms with Gasteiger partial charge in [0.1, 0.15) is 0 Å². The third-order valence-corrected chi connectivity index (χ3v) is 3.25. The first-order chi connectivity index (χ1) is 8.97. The van der Waals surface area contributed by atoms with Crippen molar-refractivity contribution in [2.75, 3.05) is 27.2 Å². The lowest BCUT2D eigenvalue weighted by atomic mass is 10.1. The van der Waals surface area contributed by atoms with Gasteiger partial charge >= 0.3 is 0 Å². The Labute approximate surface area is 113 Å². The second kappa shape index (κ2) is 5.69. The van der Waals surface area contributed by atoms with Crippen LogP contribution in [0.3, 0.4) is 0 Å². The number of hydrogen-bond donors (Lipinski definition) is 2. The number of benzene rings is 1. The summed E-state index contributed by atoms with van der Waals surface area (Å²) in [5.74, 6) is -0.146. The Bertz CT molecular complexity index is 435. The maximum absolute atomic E-state index is 12.2. The van der Waals surface area contributed by atoms with Crippen molar-refractivity contribution in [1.29, 1.82) is 0 Å². The highest BCUT2D eigenvalue weighted by Gasteiger charge is 2.32. The Morgan fingerprint density at radius 1 is 1.21 bits per heavy atom. The van der Waals surface area contributed by atoms with Gasteiger partial charge in [0.15, 0.2) is 0 Å². The smallest absolute Gasteiger partial charge is 0.254 e. The van der Waals surface area contributed by atoms with E-state index in [1.165, 1.54) is 4.90 Å². The number of β-amino-alcohol motifs (C(OH)–C–C–N with tert-alkyl or cyclic N) is 2. The molecule has 1 saturated heterocycles. The second-order valence-corrected chi connectivity index (χ2v) is 5.28. The van der Waals surface area contributed by atoms with E-state index in [0.29, 0.717) is 5.56 Å². The van der Waals surface area contributed by atoms with E-state index in [1.54, 1.807) is 12.1 Å². The van der Waals surface area contributed by atoms with Crippen LogP contribution in [0.5, 0.6) is 0 Å². The molecule has 5 heteroatoms. The average molecular weight is 264 g/mol. The minimum atomic E-state index is -0.836. The summed E-state index contributed by atoms with van der Waals surface area (Å²) >= 11 is 0. The summed E-state index contributed by atoms with van der Waals surface area (Å²) in [6, 6.07) is 7.43. The highest BCUT2D eigenvalue weighted by atomic mass is 16.3. The first kappa shape index (κ1) is 14.0. The summed E-state index contributed by atoms with van der Waals surface area (Å²) in [7, 11) is 3.98. The van der Waals surface area contributed by atoms with Gasteiger partial charge in [-0.15, -0.1) is 0 Å². The van der Waals surface area contributed by atoms with Crippen molar-refractivity contribution >= 4 is 5.91 Å². The van der Waals surface area contributed by atoms with Gasteiger partial charge in [-0.2, -0.15) is 0 Å². The van der Waals surface area contributed by atoms with Gasteiger partial charge in [-0.3, -0.25) is 4.79 Å². The van der Waals surface area contributed by atoms with Gasteiger partial charge < -0.3 is 20.0 Å². The number of carbonyl (C=O) groups excluding carboxylic acids is 1. The van der Waals surface area contributed by atoms with Crippen molar-refractivity contribution in [3.8, 4) is 0 Å². The van der Waals surface area contributed by atoms with Gasteiger partial charge in [0.25, 0.3) is 5.91 Å². The molecule has 104 valence electrons. The third-order valence-electron chi connectivity index (χ3n) is 3.25. The van der Waals surface area contributed by atoms with Crippen LogP contribution in [0.25, 0.3) is 0 Å². The fraction of sp³-hybridized carbons (Fsp3) is 0.500. The molecule has 0 unspecified atom stereocenters. The average Bonchev–Trinajstić information content (AvgIpc) is 2.69. The predicted octanol–water partition coefficient (Wildman–Crippen LogP) is -0.0742. The molecule has 0 aliphatic carbocycles. The molecular weight excluding hydrogens is 244 g/mol. The number of aliphatic hydroxyl groups excluding tert-OH is 2. The molecule has 0 saturated carbocycles. The Hall–Kier alpha value is -1.43. The summed E-state index contributed by atoms with van der Waals surface area (Å²) in [5.41, 5.74) is 1.73. The lowest BCUT2D eigenvalue weighted by Crippen LogP contribution is -2.29. The van der Waals surface area contributed by atoms with E-state index in [9.17, 15) is 15.0 Å². The van der Waals surface area contributed by atoms with E-state index in [-0.39, 0.29) is 19.0 Å². The number of nitrogens with zero attached hydrogens (tertiary/aromatic N) is 2. The van der Waals surface area contributed by atoms with E-state index in [4.69, 9.17) is 0 Å². The maximum Gasteiger partial charge on any atom is 0.254 e. The summed E-state index contributed by atoms with van der Waals surface area (Å²) in [6.07, 6.45) is -1.67. The molecule has 5 nitrogen and oxygen atoms in total. The van der Waals surface area contributed by atoms with Crippen molar-refractivity contribution in [3.63, 3.8) is 0 Å². The SMILES string of the molecule is CN(C)Cc1ccc(C(=O)N2C[C@@H](O)[C@@H](O)C2)cc1. The molecule has 0 bridgehead atoms. The van der Waals surface area contributed by atoms with Crippen molar-refractivity contribution in [3.05, 3.63) is 35.4 Å². The molecule has 2 atom stereocenters. The summed E-state index contributed by atoms with van der Waals surface area (Å²) < 4.78 is 0. The highest BCUT2D eigenvalue weighted by Crippen LogP contribution is 2.15. The van der Waals surface area contributed by atoms with Crippen molar-refractivity contribution in [2.24, 2.45) is 0 Å². The standard InChI is InChI=1S/C14H20N2O3/c1-15(2)7-10-3-5-11(6-4-10)14(19)16-8-12(17)13(18)9-16/h3-6,12-13,17-18H,7-9H2,1-2H3/t12-,13+. The minimum absolute atomic E-state index is 0.146. The fourth-order valence-corrected chi connectivity index (χ4v) is 2.24. The van der Waals surface area contributed by atoms with Gasteiger partial charge in [-0.25, -0.2) is 0 Å². The zero-order chi connectivity index (χ0) is 14.0. The number of hydrogen-bond acceptors (Lipinski definition) is 4. The molecule has 19 heavy (non-hydrogen) atoms. The molecule has 1 aromatic rings. The van der Waals surface area contributed by atoms with E-state index >= 15 is 0 Å². The van der Waals surface area contributed by atoms with Gasteiger partial charge in [-0.1, -0.05) is 12.1 Å². The molecule has 1 aliphatic rings. The third kappa shape index (κ3) is 3.32. The molecule has 2 rings (SSSR count). The maximum atomic E-state index is 12.2. The number of amides is 1. The van der Waals surface area contributed by atoms with Gasteiger partial charge in [0.05, 0.1) is 12.2 Å². The molecule has 0 radical (unpaired) electrons. The molecular formula is C14H20N2O3. The van der Waals surface area contributed by atoms with Crippen LogP contribution in [-0.2, 0) is 6.54 Å². The summed E-state index contributed by atoms with van der Waals surface area (Å²) in [4.78, 5) is 15.7. The van der Waals surface area contributed by atoms with Crippen LogP contribution >= 0.6 is 0 Å². The number of likely N-dealkylation sites (tertiary alicyclic amines) is 1. The van der Waals surface area contributed by atoms with E-state index in [2.05, 4.69) is 4.90 Å². The van der Waals surface area contributed by atoms with Crippen molar-refractivity contribution in [1.82, 2.24) is 9.80 Å². The number of rotatable bonds is 3. The Morgan fingerprint density at radius 2 is 1.74 bits per heavy atom. The van der Waals surface area contributed by atoms with Gasteiger partial charge in [0, 0.05) is 25.2 Å². The van der Waals surface area contributed by atoms with Gasteiger partial charge in [0.2, 0.25) is 0 Å². The molecule has 1 amide bonds. The summed E-state index contributed by atoms with van der Waals surface area (Å²) in [6.45, 7) is 1.22. The lowest BCUT2D eigenvalue weighted by Gasteiger charge is -2.16. The number of carbonyl (C=O) groups is 1. The quantitative estimate of drug-likeness (QED) is 0.802. The van der Waals surface area contributed by atoms with Crippen LogP contribution in [0.4, 0.5) is 0 Å². The highest BCUT2D eigenvalue weighted by molar-refractivity contribution is 5.94. The molecule has 1 aromatic carbocycles. The minimum Gasteiger partial charge on any atom is -0.388 e. The van der Waals surface area contributed by atoms with Gasteiger partial charge in [-0.05, 0) is 31.8 Å². The first-order valence-electron chi connectivity index (χ1n) is 6.36. The fourth-order valence-electron chi connectivity index (χ4n) is 2.24. The van der Waals surface area contributed by atoms with E-state index in [1.807, 2.05) is 26.2 Å². The monoisotopic (exact) mass is 264 g/mol. The molecule has 2 N–H and O–H groups in total.